The van der Waals surface area contributed by atoms with E-state index < -0.39 is 0 Å². The lowest BCUT2D eigenvalue weighted by molar-refractivity contribution is -0.118. The quantitative estimate of drug-likeness (QED) is 0.590. The summed E-state index contributed by atoms with van der Waals surface area (Å²) in [6, 6.07) is 11.7. The number of allylic oxidation sites excluding steroid dienone is 1. The van der Waals surface area contributed by atoms with E-state index in [0.29, 0.717) is 24.2 Å². The lowest BCUT2D eigenvalue weighted by atomic mass is 9.72. The molecule has 2 fully saturated rings. The third-order valence-electron chi connectivity index (χ3n) is 7.76. The molecule has 0 saturated carbocycles. The Balaban J connectivity index is 1.53. The average molecular weight is 461 g/mol. The summed E-state index contributed by atoms with van der Waals surface area (Å²) in [6.07, 6.45) is 1.81. The van der Waals surface area contributed by atoms with Gasteiger partial charge in [-0.15, -0.1) is 0 Å². The van der Waals surface area contributed by atoms with Gasteiger partial charge < -0.3 is 14.6 Å². The van der Waals surface area contributed by atoms with Crippen molar-refractivity contribution in [1.29, 1.82) is 0 Å². The third-order valence-corrected chi connectivity index (χ3v) is 7.76. The maximum Gasteiger partial charge on any atom is 0.338 e. The Morgan fingerprint density at radius 3 is 2.44 bits per heavy atom. The predicted molar refractivity (Wildman–Crippen MR) is 130 cm³/mol. The van der Waals surface area contributed by atoms with Gasteiger partial charge in [0, 0.05) is 5.92 Å². The van der Waals surface area contributed by atoms with Crippen molar-refractivity contribution < 1.29 is 24.2 Å². The molecule has 5 atom stereocenters. The predicted octanol–water partition coefficient (Wildman–Crippen LogP) is 5.34. The highest BCUT2D eigenvalue weighted by molar-refractivity contribution is 6.26. The second-order valence-electron chi connectivity index (χ2n) is 9.67. The lowest BCUT2D eigenvalue weighted by Gasteiger charge is -2.28. The number of rotatable bonds is 6. The SMILES string of the molecule is CCOC(=O)c1cccc([C@@H]2C[C@@H]3OC2[C@H]2C(O)=C(c4c(CC)cc(C)cc4CC)C(=O)[C@@H]32)c1. The van der Waals surface area contributed by atoms with Crippen molar-refractivity contribution in [2.75, 3.05) is 6.61 Å². The van der Waals surface area contributed by atoms with Crippen molar-refractivity contribution in [3.05, 3.63) is 75.5 Å². The summed E-state index contributed by atoms with van der Waals surface area (Å²) < 4.78 is 11.4. The minimum Gasteiger partial charge on any atom is -0.511 e. The molecule has 1 unspecified atom stereocenters. The molecule has 2 aromatic carbocycles. The van der Waals surface area contributed by atoms with E-state index in [9.17, 15) is 14.7 Å². The van der Waals surface area contributed by atoms with Crippen LogP contribution in [0.2, 0.25) is 0 Å². The van der Waals surface area contributed by atoms with Crippen LogP contribution in [0.3, 0.4) is 0 Å². The minimum atomic E-state index is -0.342. The number of aryl methyl sites for hydroxylation is 3. The molecule has 2 aliphatic heterocycles. The number of benzene rings is 2. The molecule has 1 aliphatic carbocycles. The number of aliphatic hydroxyl groups is 1. The summed E-state index contributed by atoms with van der Waals surface area (Å²) in [7, 11) is 0. The van der Waals surface area contributed by atoms with Crippen LogP contribution in [0, 0.1) is 18.8 Å². The van der Waals surface area contributed by atoms with Gasteiger partial charge in [0.2, 0.25) is 0 Å². The zero-order valence-corrected chi connectivity index (χ0v) is 20.3. The van der Waals surface area contributed by atoms with Crippen LogP contribution in [-0.2, 0) is 27.1 Å². The van der Waals surface area contributed by atoms with Crippen LogP contribution < -0.4 is 0 Å². The van der Waals surface area contributed by atoms with Gasteiger partial charge in [-0.1, -0.05) is 43.7 Å². The molecular weight excluding hydrogens is 428 g/mol. The first-order valence-electron chi connectivity index (χ1n) is 12.4. The Morgan fingerprint density at radius 2 is 1.79 bits per heavy atom. The maximum atomic E-state index is 13.7. The number of hydrogen-bond donors (Lipinski definition) is 1. The molecule has 2 bridgehead atoms. The van der Waals surface area contributed by atoms with E-state index in [0.717, 1.165) is 35.1 Å². The topological polar surface area (TPSA) is 72.8 Å². The number of carbonyl (C=O) groups excluding carboxylic acids is 2. The minimum absolute atomic E-state index is 0.0157. The molecule has 2 saturated heterocycles. The first-order valence-corrected chi connectivity index (χ1v) is 12.4. The van der Waals surface area contributed by atoms with Crippen LogP contribution in [0.4, 0.5) is 0 Å². The molecule has 0 amide bonds. The Kier molecular flexibility index (Phi) is 5.85. The molecule has 0 spiro atoms. The Labute approximate surface area is 200 Å². The monoisotopic (exact) mass is 460 g/mol. The number of carbonyl (C=O) groups is 2. The van der Waals surface area contributed by atoms with Crippen LogP contribution in [0.15, 0.2) is 42.2 Å². The van der Waals surface area contributed by atoms with Gasteiger partial charge in [0.05, 0.1) is 41.8 Å². The fraction of sp³-hybridized carbons (Fsp3) is 0.448. The van der Waals surface area contributed by atoms with Gasteiger partial charge in [-0.2, -0.15) is 0 Å². The molecule has 2 heterocycles. The number of aliphatic hydroxyl groups excluding tert-OH is 1. The molecule has 2 aromatic rings. The summed E-state index contributed by atoms with van der Waals surface area (Å²) >= 11 is 0. The molecule has 34 heavy (non-hydrogen) atoms. The van der Waals surface area contributed by atoms with Crippen molar-refractivity contribution in [1.82, 2.24) is 0 Å². The van der Waals surface area contributed by atoms with Crippen molar-refractivity contribution in [3.63, 3.8) is 0 Å². The van der Waals surface area contributed by atoms with E-state index in [1.807, 2.05) is 18.2 Å². The zero-order chi connectivity index (χ0) is 24.1. The zero-order valence-electron chi connectivity index (χ0n) is 20.3. The molecule has 5 rings (SSSR count). The van der Waals surface area contributed by atoms with Gasteiger partial charge in [0.25, 0.3) is 0 Å². The van der Waals surface area contributed by atoms with Gasteiger partial charge >= 0.3 is 5.97 Å². The highest BCUT2D eigenvalue weighted by Gasteiger charge is 2.62. The largest absolute Gasteiger partial charge is 0.511 e. The van der Waals surface area contributed by atoms with E-state index in [4.69, 9.17) is 9.47 Å². The fourth-order valence-corrected chi connectivity index (χ4v) is 6.36. The second kappa shape index (κ2) is 8.70. The highest BCUT2D eigenvalue weighted by atomic mass is 16.5. The molecule has 0 radical (unpaired) electrons. The third kappa shape index (κ3) is 3.40. The number of hydrogen-bond acceptors (Lipinski definition) is 5. The van der Waals surface area contributed by atoms with Crippen molar-refractivity contribution >= 4 is 17.3 Å². The van der Waals surface area contributed by atoms with Gasteiger partial charge in [0.15, 0.2) is 5.78 Å². The van der Waals surface area contributed by atoms with Gasteiger partial charge in [-0.05, 0) is 67.5 Å². The number of esters is 1. The van der Waals surface area contributed by atoms with E-state index >= 15 is 0 Å². The van der Waals surface area contributed by atoms with Crippen LogP contribution in [0.5, 0.6) is 0 Å². The summed E-state index contributed by atoms with van der Waals surface area (Å²) in [5.74, 6) is -0.799. The Bertz CT molecular complexity index is 1170. The first-order chi connectivity index (χ1) is 16.4. The normalized spacial score (nSPS) is 27.4. The van der Waals surface area contributed by atoms with Crippen LogP contribution in [-0.4, -0.2) is 35.7 Å². The molecule has 5 nitrogen and oxygen atoms in total. The van der Waals surface area contributed by atoms with Crippen molar-refractivity contribution in [3.8, 4) is 0 Å². The molecule has 3 aliphatic rings. The Hall–Kier alpha value is -2.92. The lowest BCUT2D eigenvalue weighted by Crippen LogP contribution is -2.33. The van der Waals surface area contributed by atoms with Gasteiger partial charge in [0.1, 0.15) is 5.76 Å². The van der Waals surface area contributed by atoms with Crippen LogP contribution >= 0.6 is 0 Å². The average Bonchev–Trinajstić information content (AvgIpc) is 3.50. The van der Waals surface area contributed by atoms with E-state index in [1.54, 1.807) is 13.0 Å². The molecular formula is C29H32O5. The number of ether oxygens (including phenoxy) is 2. The standard InChI is InChI=1S/C29H32O5/c1-5-16-11-15(4)12-17(6-2)22(16)24-26(30)23-21-14-20(28(34-21)25(23)27(24)31)18-9-8-10-19(13-18)29(32)33-7-3/h8-13,20-21,23,25,28,31H,5-7,14H2,1-4H3/t20-,21-,23-,25+,28?/m0/s1. The smallest absolute Gasteiger partial charge is 0.338 e. The van der Waals surface area contributed by atoms with Crippen LogP contribution in [0.25, 0.3) is 5.57 Å². The number of fused-ring (bicyclic) bond motifs is 5. The van der Waals surface area contributed by atoms with Crippen molar-refractivity contribution in [2.24, 2.45) is 11.8 Å². The van der Waals surface area contributed by atoms with E-state index in [-0.39, 0.29) is 47.5 Å². The summed E-state index contributed by atoms with van der Waals surface area (Å²) in [4.78, 5) is 26.0. The first kappa shape index (κ1) is 22.9. The van der Waals surface area contributed by atoms with E-state index in [1.165, 1.54) is 5.56 Å². The summed E-state index contributed by atoms with van der Waals surface area (Å²) in [6.45, 7) is 8.37. The van der Waals surface area contributed by atoms with Crippen LogP contribution in [0.1, 0.15) is 71.3 Å². The Morgan fingerprint density at radius 1 is 1.09 bits per heavy atom. The highest BCUT2D eigenvalue weighted by Crippen LogP contribution is 2.58. The number of Topliss-reactive ketones (excluding diaryl/α,β-unsaturated/α-hetero) is 1. The van der Waals surface area contributed by atoms with Gasteiger partial charge in [-0.25, -0.2) is 4.79 Å². The molecule has 0 aromatic heterocycles. The second-order valence-corrected chi connectivity index (χ2v) is 9.67. The fourth-order valence-electron chi connectivity index (χ4n) is 6.36. The van der Waals surface area contributed by atoms with Crippen molar-refractivity contribution in [2.45, 2.75) is 65.1 Å². The van der Waals surface area contributed by atoms with Gasteiger partial charge in [-0.3, -0.25) is 4.79 Å². The van der Waals surface area contributed by atoms with E-state index in [2.05, 4.69) is 32.9 Å². The summed E-state index contributed by atoms with van der Waals surface area (Å²) in [5, 5.41) is 11.5. The summed E-state index contributed by atoms with van der Waals surface area (Å²) in [5.41, 5.74) is 6.33. The molecule has 5 heteroatoms. The molecule has 1 N–H and O–H groups in total. The number of ketones is 1. The molecule has 178 valence electrons. The maximum absolute atomic E-state index is 13.7.